The second-order valence-corrected chi connectivity index (χ2v) is 15.0. The molecule has 0 aliphatic carbocycles. The Bertz CT molecular complexity index is 1320. The van der Waals surface area contributed by atoms with Crippen molar-refractivity contribution in [3.63, 3.8) is 0 Å². The molecule has 0 saturated heterocycles. The van der Waals surface area contributed by atoms with Gasteiger partial charge in [-0.1, -0.05) is 152 Å². The number of anilines is 1. The topological polar surface area (TPSA) is 15.6 Å². The molecule has 2 nitrogen and oxygen atoms in total. The molecular weight excluding hydrogens is 519 g/mol. The summed E-state index contributed by atoms with van der Waals surface area (Å²) < 4.78 is 8.24. The third-order valence-corrected chi connectivity index (χ3v) is 11.1. The Morgan fingerprint density at radius 3 is 1.25 bits per heavy atom. The molecule has 0 bridgehead atoms. The Hall–Kier alpha value is -2.87. The number of para-hydroxylation sites is 1. The van der Waals surface area contributed by atoms with Crippen LogP contribution in [0.3, 0.4) is 0 Å². The molecule has 0 aliphatic heterocycles. The van der Waals surface area contributed by atoms with E-state index in [1.165, 1.54) is 44.2 Å². The summed E-state index contributed by atoms with van der Waals surface area (Å²) in [4.78, 5) is 0. The zero-order chi connectivity index (χ0) is 28.8. The first-order valence-corrected chi connectivity index (χ1v) is 16.8. The minimum atomic E-state index is -0.867. The van der Waals surface area contributed by atoms with Crippen LogP contribution in [0, 0.1) is 0 Å². The van der Waals surface area contributed by atoms with Crippen LogP contribution in [0.1, 0.15) is 101 Å². The van der Waals surface area contributed by atoms with Crippen LogP contribution in [-0.2, 0) is 0 Å². The monoisotopic (exact) mass is 563 g/mol. The Morgan fingerprint density at radius 2 is 0.875 bits per heavy atom. The smallest absolute Gasteiger partial charge is 0.303 e. The minimum Gasteiger partial charge on any atom is -0.332 e. The van der Waals surface area contributed by atoms with Crippen molar-refractivity contribution in [2.75, 3.05) is 4.34 Å². The van der Waals surface area contributed by atoms with Crippen LogP contribution in [0.15, 0.2) is 102 Å². The van der Waals surface area contributed by atoms with Gasteiger partial charge >= 0.3 is 9.47 Å². The molecule has 0 aromatic heterocycles. The van der Waals surface area contributed by atoms with Crippen LogP contribution in [0.25, 0.3) is 0 Å². The molecular formula is C36H44N2PSi. The highest BCUT2D eigenvalue weighted by atomic mass is 31.1. The molecule has 0 unspecified atom stereocenters. The summed E-state index contributed by atoms with van der Waals surface area (Å²) in [5.74, 6) is 1.63. The maximum atomic E-state index is 5.57. The quantitative estimate of drug-likeness (QED) is 0.138. The second kappa shape index (κ2) is 13.7. The van der Waals surface area contributed by atoms with Crippen LogP contribution in [0.5, 0.6) is 0 Å². The molecule has 1 radical (unpaired) electrons. The maximum absolute atomic E-state index is 5.57. The Kier molecular flexibility index (Phi) is 10.3. The van der Waals surface area contributed by atoms with E-state index < -0.39 is 8.07 Å². The SMILES string of the molecule is CC(C)c1cccc(C(C)C)c1N=[Si]N(c1c(C(C)C)cccc1C(C)C)P(c1ccccc1)c1ccccc1. The van der Waals surface area contributed by atoms with Gasteiger partial charge in [-0.2, -0.15) is 0 Å². The summed E-state index contributed by atoms with van der Waals surface area (Å²) in [5, 5.41) is 2.70. The van der Waals surface area contributed by atoms with Crippen LogP contribution >= 0.6 is 8.07 Å². The Morgan fingerprint density at radius 1 is 0.500 bits per heavy atom. The van der Waals surface area contributed by atoms with Gasteiger partial charge in [-0.3, -0.25) is 4.63 Å². The number of nitrogens with zero attached hydrogens (tertiary/aromatic N) is 2. The zero-order valence-electron chi connectivity index (χ0n) is 25.4. The zero-order valence-corrected chi connectivity index (χ0v) is 27.3. The van der Waals surface area contributed by atoms with Crippen molar-refractivity contribution in [2.45, 2.75) is 79.1 Å². The van der Waals surface area contributed by atoms with Gasteiger partial charge in [-0.25, -0.2) is 0 Å². The number of hydrogen-bond donors (Lipinski definition) is 0. The third-order valence-electron chi connectivity index (χ3n) is 7.35. The predicted octanol–water partition coefficient (Wildman–Crippen LogP) is 10.2. The first kappa shape index (κ1) is 30.1. The molecule has 4 heteroatoms. The van der Waals surface area contributed by atoms with E-state index in [0.29, 0.717) is 23.7 Å². The lowest BCUT2D eigenvalue weighted by Gasteiger charge is -2.35. The number of hydrogen-bond acceptors (Lipinski definition) is 1. The summed E-state index contributed by atoms with van der Waals surface area (Å²) in [6, 6.07) is 35.8. The minimum absolute atomic E-state index is 0.253. The van der Waals surface area contributed by atoms with Gasteiger partial charge in [0.1, 0.15) is 0 Å². The van der Waals surface area contributed by atoms with E-state index in [-0.39, 0.29) is 9.47 Å². The fourth-order valence-electron chi connectivity index (χ4n) is 5.21. The van der Waals surface area contributed by atoms with Crippen LogP contribution in [0.2, 0.25) is 0 Å². The van der Waals surface area contributed by atoms with Gasteiger partial charge in [0, 0.05) is 16.3 Å². The Labute approximate surface area is 246 Å². The van der Waals surface area contributed by atoms with E-state index in [2.05, 4.69) is 157 Å². The van der Waals surface area contributed by atoms with Gasteiger partial charge in [0.25, 0.3) is 0 Å². The summed E-state index contributed by atoms with van der Waals surface area (Å²) in [7, 11) is -0.614. The van der Waals surface area contributed by atoms with Crippen molar-refractivity contribution in [3.05, 3.63) is 119 Å². The van der Waals surface area contributed by atoms with E-state index in [9.17, 15) is 0 Å². The predicted molar refractivity (Wildman–Crippen MR) is 179 cm³/mol. The molecule has 0 atom stereocenters. The van der Waals surface area contributed by atoms with E-state index in [1.807, 2.05) is 0 Å². The molecule has 0 heterocycles. The molecule has 0 saturated carbocycles. The highest BCUT2D eigenvalue weighted by Gasteiger charge is 2.28. The van der Waals surface area contributed by atoms with E-state index >= 15 is 0 Å². The van der Waals surface area contributed by atoms with Gasteiger partial charge in [0.15, 0.2) is 0 Å². The highest BCUT2D eigenvalue weighted by molar-refractivity contribution is 7.75. The maximum Gasteiger partial charge on any atom is 0.303 e. The fourth-order valence-corrected chi connectivity index (χ4v) is 9.30. The average molecular weight is 564 g/mol. The van der Waals surface area contributed by atoms with Crippen molar-refractivity contribution in [2.24, 2.45) is 4.63 Å². The lowest BCUT2D eigenvalue weighted by atomic mass is 9.93. The number of rotatable bonds is 10. The molecule has 0 N–H and O–H groups in total. The molecule has 0 amide bonds. The molecule has 4 rings (SSSR count). The lowest BCUT2D eigenvalue weighted by molar-refractivity contribution is 0.834. The van der Waals surface area contributed by atoms with Gasteiger partial charge in [-0.15, -0.1) is 0 Å². The summed E-state index contributed by atoms with van der Waals surface area (Å²) >= 11 is 0. The van der Waals surface area contributed by atoms with Crippen molar-refractivity contribution < 1.29 is 0 Å². The number of benzene rings is 4. The van der Waals surface area contributed by atoms with Crippen LogP contribution in [0.4, 0.5) is 11.4 Å². The standard InChI is InChI=1S/C36H44N2PSi/c1-25(2)31-21-15-22-32(26(3)4)35(31)37-40-38(36-33(27(5)6)23-16-24-34(36)28(7)8)39(29-17-11-9-12-18-29)30-19-13-10-14-20-30/h9-28H,1-8H3. The van der Waals surface area contributed by atoms with Crippen LogP contribution in [-0.4, -0.2) is 9.47 Å². The summed E-state index contributed by atoms with van der Waals surface area (Å²) in [5.41, 5.74) is 8.01. The van der Waals surface area contributed by atoms with Gasteiger partial charge in [0.05, 0.1) is 13.8 Å². The van der Waals surface area contributed by atoms with Gasteiger partial charge in [0.2, 0.25) is 0 Å². The summed E-state index contributed by atoms with van der Waals surface area (Å²) in [6.07, 6.45) is 0. The van der Waals surface area contributed by atoms with Crippen molar-refractivity contribution >= 4 is 39.5 Å². The molecule has 0 aliphatic rings. The third kappa shape index (κ3) is 6.70. The van der Waals surface area contributed by atoms with Crippen molar-refractivity contribution in [1.29, 1.82) is 0 Å². The fraction of sp³-hybridized carbons (Fsp3) is 0.333. The molecule has 207 valence electrons. The molecule has 4 aromatic carbocycles. The molecule has 40 heavy (non-hydrogen) atoms. The largest absolute Gasteiger partial charge is 0.332 e. The first-order valence-electron chi connectivity index (χ1n) is 14.6. The average Bonchev–Trinajstić information content (AvgIpc) is 2.95. The second-order valence-electron chi connectivity index (χ2n) is 11.7. The molecule has 0 spiro atoms. The summed E-state index contributed by atoms with van der Waals surface area (Å²) in [6.45, 7) is 18.4. The van der Waals surface area contributed by atoms with E-state index in [1.54, 1.807) is 0 Å². The van der Waals surface area contributed by atoms with Crippen molar-refractivity contribution in [3.8, 4) is 0 Å². The highest BCUT2D eigenvalue weighted by Crippen LogP contribution is 2.47. The Balaban J connectivity index is 2.06. The van der Waals surface area contributed by atoms with Gasteiger partial charge < -0.3 is 4.34 Å². The molecule has 4 aromatic rings. The molecule has 0 fully saturated rings. The van der Waals surface area contributed by atoms with Gasteiger partial charge in [-0.05, 0) is 45.9 Å². The van der Waals surface area contributed by atoms with Crippen molar-refractivity contribution in [1.82, 2.24) is 0 Å². The van der Waals surface area contributed by atoms with Crippen LogP contribution < -0.4 is 14.9 Å². The van der Waals surface area contributed by atoms with E-state index in [0.717, 1.165) is 0 Å². The normalized spacial score (nSPS) is 12.0. The first-order chi connectivity index (χ1) is 19.2. The lowest BCUT2D eigenvalue weighted by Crippen LogP contribution is -2.30. The van der Waals surface area contributed by atoms with E-state index in [4.69, 9.17) is 4.63 Å².